The number of methoxy groups -OCH3 is 1. The zero-order valence-electron chi connectivity index (χ0n) is 8.56. The standard InChI is InChI=1S/C9H17F3O2/c1-3-14-7-5-8(13-2)4-6-9(10,11)12/h8H,3-7H2,1-2H3. The molecule has 14 heavy (non-hydrogen) atoms. The van der Waals surface area contributed by atoms with Gasteiger partial charge in [0.05, 0.1) is 6.10 Å². The molecule has 0 N–H and O–H groups in total. The lowest BCUT2D eigenvalue weighted by atomic mass is 10.1. The summed E-state index contributed by atoms with van der Waals surface area (Å²) in [6.45, 7) is 2.88. The van der Waals surface area contributed by atoms with Crippen LogP contribution in [0.3, 0.4) is 0 Å². The van der Waals surface area contributed by atoms with Gasteiger partial charge in [-0.25, -0.2) is 0 Å². The van der Waals surface area contributed by atoms with E-state index in [9.17, 15) is 13.2 Å². The summed E-state index contributed by atoms with van der Waals surface area (Å²) in [5, 5.41) is 0. The second-order valence-corrected chi connectivity index (χ2v) is 3.00. The van der Waals surface area contributed by atoms with E-state index in [0.717, 1.165) is 0 Å². The molecular formula is C9H17F3O2. The highest BCUT2D eigenvalue weighted by Crippen LogP contribution is 2.23. The predicted octanol–water partition coefficient (Wildman–Crippen LogP) is 2.77. The fourth-order valence-corrected chi connectivity index (χ4v) is 1.06. The van der Waals surface area contributed by atoms with Crippen LogP contribution >= 0.6 is 0 Å². The summed E-state index contributed by atoms with van der Waals surface area (Å²) in [6, 6.07) is 0. The minimum absolute atomic E-state index is 0.00702. The molecule has 0 saturated heterocycles. The van der Waals surface area contributed by atoms with Crippen LogP contribution in [0.5, 0.6) is 0 Å². The van der Waals surface area contributed by atoms with E-state index in [-0.39, 0.29) is 12.5 Å². The smallest absolute Gasteiger partial charge is 0.382 e. The summed E-state index contributed by atoms with van der Waals surface area (Å²) in [4.78, 5) is 0. The topological polar surface area (TPSA) is 18.5 Å². The van der Waals surface area contributed by atoms with Crippen LogP contribution in [0.4, 0.5) is 13.2 Å². The third-order valence-electron chi connectivity index (χ3n) is 1.87. The first-order valence-electron chi connectivity index (χ1n) is 4.67. The molecule has 0 aromatic rings. The second kappa shape index (κ2) is 7.06. The molecule has 86 valence electrons. The first-order chi connectivity index (χ1) is 6.49. The van der Waals surface area contributed by atoms with Crippen LogP contribution in [0.15, 0.2) is 0 Å². The maximum absolute atomic E-state index is 11.9. The van der Waals surface area contributed by atoms with Crippen LogP contribution in [0.2, 0.25) is 0 Å². The third-order valence-corrected chi connectivity index (χ3v) is 1.87. The van der Waals surface area contributed by atoms with Crippen molar-refractivity contribution >= 4 is 0 Å². The van der Waals surface area contributed by atoms with Crippen LogP contribution < -0.4 is 0 Å². The Kier molecular flexibility index (Phi) is 6.92. The van der Waals surface area contributed by atoms with Crippen LogP contribution in [-0.2, 0) is 9.47 Å². The van der Waals surface area contributed by atoms with Crippen molar-refractivity contribution in [3.8, 4) is 0 Å². The monoisotopic (exact) mass is 214 g/mol. The minimum atomic E-state index is -4.09. The molecule has 0 bridgehead atoms. The molecule has 0 spiro atoms. The summed E-state index contributed by atoms with van der Waals surface area (Å²) in [5.41, 5.74) is 0. The molecule has 0 aromatic carbocycles. The fraction of sp³-hybridized carbons (Fsp3) is 1.00. The summed E-state index contributed by atoms with van der Waals surface area (Å²) in [7, 11) is 1.42. The van der Waals surface area contributed by atoms with Crippen molar-refractivity contribution in [3.63, 3.8) is 0 Å². The highest BCUT2D eigenvalue weighted by molar-refractivity contribution is 4.61. The van der Waals surface area contributed by atoms with Gasteiger partial charge in [0, 0.05) is 26.7 Å². The Hall–Kier alpha value is -0.290. The number of rotatable bonds is 7. The van der Waals surface area contributed by atoms with Gasteiger partial charge in [0.2, 0.25) is 0 Å². The van der Waals surface area contributed by atoms with Crippen molar-refractivity contribution in [1.29, 1.82) is 0 Å². The van der Waals surface area contributed by atoms with E-state index in [1.807, 2.05) is 6.92 Å². The van der Waals surface area contributed by atoms with E-state index >= 15 is 0 Å². The molecule has 0 aliphatic carbocycles. The number of hydrogen-bond acceptors (Lipinski definition) is 2. The lowest BCUT2D eigenvalue weighted by molar-refractivity contribution is -0.141. The van der Waals surface area contributed by atoms with Crippen LogP contribution in [0.25, 0.3) is 0 Å². The SMILES string of the molecule is CCOCCC(CCC(F)(F)F)OC. The molecule has 0 aliphatic heterocycles. The average molecular weight is 214 g/mol. The van der Waals surface area contributed by atoms with E-state index in [0.29, 0.717) is 19.6 Å². The van der Waals surface area contributed by atoms with Gasteiger partial charge in [0.15, 0.2) is 0 Å². The van der Waals surface area contributed by atoms with E-state index < -0.39 is 12.6 Å². The van der Waals surface area contributed by atoms with Gasteiger partial charge in [0.1, 0.15) is 0 Å². The number of halogens is 3. The quantitative estimate of drug-likeness (QED) is 0.607. The zero-order valence-corrected chi connectivity index (χ0v) is 8.56. The Balaban J connectivity index is 3.58. The minimum Gasteiger partial charge on any atom is -0.382 e. The normalized spacial score (nSPS) is 14.4. The zero-order chi connectivity index (χ0) is 11.0. The molecule has 1 unspecified atom stereocenters. The van der Waals surface area contributed by atoms with E-state index in [1.54, 1.807) is 0 Å². The summed E-state index contributed by atoms with van der Waals surface area (Å²) in [6.07, 6.45) is -4.73. The van der Waals surface area contributed by atoms with E-state index in [2.05, 4.69) is 0 Å². The number of alkyl halides is 3. The Labute approximate surface area is 82.4 Å². The molecule has 0 saturated carbocycles. The predicted molar refractivity (Wildman–Crippen MR) is 47.2 cm³/mol. The molecule has 1 atom stereocenters. The van der Waals surface area contributed by atoms with Gasteiger partial charge in [-0.3, -0.25) is 0 Å². The highest BCUT2D eigenvalue weighted by atomic mass is 19.4. The third kappa shape index (κ3) is 8.31. The van der Waals surface area contributed by atoms with Gasteiger partial charge < -0.3 is 9.47 Å². The van der Waals surface area contributed by atoms with Crippen molar-refractivity contribution in [1.82, 2.24) is 0 Å². The lowest BCUT2D eigenvalue weighted by Crippen LogP contribution is -2.18. The van der Waals surface area contributed by atoms with Crippen molar-refractivity contribution < 1.29 is 22.6 Å². The van der Waals surface area contributed by atoms with Crippen molar-refractivity contribution in [2.75, 3.05) is 20.3 Å². The fourth-order valence-electron chi connectivity index (χ4n) is 1.06. The van der Waals surface area contributed by atoms with Gasteiger partial charge >= 0.3 is 6.18 Å². The largest absolute Gasteiger partial charge is 0.389 e. The van der Waals surface area contributed by atoms with Crippen molar-refractivity contribution in [2.45, 2.75) is 38.5 Å². The van der Waals surface area contributed by atoms with Gasteiger partial charge in [-0.15, -0.1) is 0 Å². The Morgan fingerprint density at radius 2 is 1.86 bits per heavy atom. The molecule has 0 fully saturated rings. The molecule has 0 heterocycles. The molecule has 0 amide bonds. The Bertz CT molecular complexity index is 137. The van der Waals surface area contributed by atoms with Crippen LogP contribution in [0, 0.1) is 0 Å². The maximum Gasteiger partial charge on any atom is 0.389 e. The van der Waals surface area contributed by atoms with E-state index in [1.165, 1.54) is 7.11 Å². The van der Waals surface area contributed by atoms with Gasteiger partial charge in [0.25, 0.3) is 0 Å². The van der Waals surface area contributed by atoms with Crippen LogP contribution in [0.1, 0.15) is 26.2 Å². The molecule has 5 heteroatoms. The van der Waals surface area contributed by atoms with E-state index in [4.69, 9.17) is 9.47 Å². The van der Waals surface area contributed by atoms with Gasteiger partial charge in [-0.2, -0.15) is 13.2 Å². The Morgan fingerprint density at radius 3 is 2.29 bits per heavy atom. The highest BCUT2D eigenvalue weighted by Gasteiger charge is 2.28. The van der Waals surface area contributed by atoms with Crippen LogP contribution in [-0.4, -0.2) is 32.6 Å². The van der Waals surface area contributed by atoms with Crippen molar-refractivity contribution in [2.24, 2.45) is 0 Å². The lowest BCUT2D eigenvalue weighted by Gasteiger charge is -2.15. The molecule has 0 aromatic heterocycles. The summed E-state index contributed by atoms with van der Waals surface area (Å²) >= 11 is 0. The van der Waals surface area contributed by atoms with Gasteiger partial charge in [-0.1, -0.05) is 0 Å². The number of hydrogen-bond donors (Lipinski definition) is 0. The molecule has 0 aliphatic rings. The second-order valence-electron chi connectivity index (χ2n) is 3.00. The van der Waals surface area contributed by atoms with Gasteiger partial charge in [-0.05, 0) is 19.8 Å². The molecule has 0 rings (SSSR count). The first kappa shape index (κ1) is 13.7. The Morgan fingerprint density at radius 1 is 1.21 bits per heavy atom. The summed E-state index contributed by atoms with van der Waals surface area (Å²) in [5.74, 6) is 0. The molecule has 2 nitrogen and oxygen atoms in total. The maximum atomic E-state index is 11.9. The summed E-state index contributed by atoms with van der Waals surface area (Å²) < 4.78 is 45.5. The average Bonchev–Trinajstić information content (AvgIpc) is 2.09. The molecule has 0 radical (unpaired) electrons. The molecular weight excluding hydrogens is 197 g/mol. The first-order valence-corrected chi connectivity index (χ1v) is 4.67. The number of ether oxygens (including phenoxy) is 2. The van der Waals surface area contributed by atoms with Crippen molar-refractivity contribution in [3.05, 3.63) is 0 Å².